The average molecular weight is 491 g/mol. The molecule has 10 heteroatoms. The number of piperidine rings is 1. The van der Waals surface area contributed by atoms with Crippen LogP contribution >= 0.6 is 0 Å². The van der Waals surface area contributed by atoms with Gasteiger partial charge in [-0.3, -0.25) is 0 Å². The van der Waals surface area contributed by atoms with Crippen molar-refractivity contribution in [2.45, 2.75) is 25.4 Å². The fourth-order valence-corrected chi connectivity index (χ4v) is 4.61. The number of likely N-dealkylation sites (tertiary alicyclic amines) is 1. The summed E-state index contributed by atoms with van der Waals surface area (Å²) in [7, 11) is 2.09. The van der Waals surface area contributed by atoms with Gasteiger partial charge in [-0.1, -0.05) is 0 Å². The maximum atomic E-state index is 14.9. The number of hydrogen-bond donors (Lipinski definition) is 3. The Morgan fingerprint density at radius 1 is 1.17 bits per heavy atom. The molecule has 1 fully saturated rings. The number of benzene rings is 1. The molecule has 0 saturated carbocycles. The molecule has 1 aliphatic heterocycles. The van der Waals surface area contributed by atoms with Crippen LogP contribution in [-0.2, 0) is 5.60 Å². The topological polar surface area (TPSA) is 116 Å². The lowest BCUT2D eigenvalue weighted by atomic mass is 9.79. The Balaban J connectivity index is 1.38. The zero-order valence-corrected chi connectivity index (χ0v) is 20.0. The Bertz CT molecular complexity index is 1430. The van der Waals surface area contributed by atoms with Gasteiger partial charge in [0, 0.05) is 29.9 Å². The minimum atomic E-state index is -1.15. The number of carboxylic acid groups (broad SMARTS) is 1. The first kappa shape index (κ1) is 23.8. The second-order valence-electron chi connectivity index (χ2n) is 9.42. The second-order valence-corrected chi connectivity index (χ2v) is 9.42. The Labute approximate surface area is 207 Å². The van der Waals surface area contributed by atoms with Crippen molar-refractivity contribution in [2.75, 3.05) is 25.5 Å². The van der Waals surface area contributed by atoms with Crippen LogP contribution in [0.1, 0.15) is 35.9 Å². The number of rotatable bonds is 6. The number of carbonyl (C=O) groups is 1. The van der Waals surface area contributed by atoms with Gasteiger partial charge < -0.3 is 20.4 Å². The number of halogens is 1. The zero-order chi connectivity index (χ0) is 25.4. The molecule has 1 saturated heterocycles. The molecule has 0 spiro atoms. The van der Waals surface area contributed by atoms with Crippen molar-refractivity contribution in [3.63, 3.8) is 0 Å². The van der Waals surface area contributed by atoms with Crippen molar-refractivity contribution in [1.29, 1.82) is 0 Å². The van der Waals surface area contributed by atoms with Crippen molar-refractivity contribution in [2.24, 2.45) is 5.92 Å². The summed E-state index contributed by atoms with van der Waals surface area (Å²) >= 11 is 0. The molecule has 186 valence electrons. The first-order valence-corrected chi connectivity index (χ1v) is 11.7. The van der Waals surface area contributed by atoms with Crippen LogP contribution in [0.25, 0.3) is 16.6 Å². The summed E-state index contributed by atoms with van der Waals surface area (Å²) in [5.74, 6) is -1.18. The first-order chi connectivity index (χ1) is 17.2. The fraction of sp³-hybridized carbons (Fsp3) is 0.308. The summed E-state index contributed by atoms with van der Waals surface area (Å²) < 4.78 is 16.2. The third kappa shape index (κ3) is 4.65. The van der Waals surface area contributed by atoms with Gasteiger partial charge in [-0.05, 0) is 76.2 Å². The van der Waals surface area contributed by atoms with E-state index in [0.29, 0.717) is 22.7 Å². The molecule has 0 radical (unpaired) electrons. The summed E-state index contributed by atoms with van der Waals surface area (Å²) in [5.41, 5.74) is 0.663. The van der Waals surface area contributed by atoms with Crippen molar-refractivity contribution in [3.8, 4) is 5.69 Å². The minimum absolute atomic E-state index is 0.118. The van der Waals surface area contributed by atoms with Crippen LogP contribution in [0.4, 0.5) is 15.9 Å². The number of hydrogen-bond acceptors (Lipinski definition) is 7. The SMILES string of the molecule is CN1CCC(C(C)(O)c2ccc3cnc(Nc4ccc(-n5ccc(C(=O)O)n5)cc4F)cc3n2)CC1. The quantitative estimate of drug-likeness (QED) is 0.372. The number of aromatic carboxylic acids is 1. The standard InChI is InChI=1S/C26H27FN6O3/c1-26(36,17-7-10-32(2)11-8-17)23-6-3-16-15-28-24(14-22(16)29-23)30-20-5-4-18(13-19(20)27)33-12-9-21(31-33)25(34)35/h3-6,9,12-15,17,36H,7-8,10-11H2,1-2H3,(H,28,30)(H,34,35). The van der Waals surface area contributed by atoms with Gasteiger partial charge in [0.2, 0.25) is 0 Å². The number of aliphatic hydroxyl groups is 1. The highest BCUT2D eigenvalue weighted by molar-refractivity contribution is 5.85. The van der Waals surface area contributed by atoms with Crippen molar-refractivity contribution < 1.29 is 19.4 Å². The summed E-state index contributed by atoms with van der Waals surface area (Å²) in [6.07, 6.45) is 4.91. The summed E-state index contributed by atoms with van der Waals surface area (Å²) in [6.45, 7) is 3.71. The van der Waals surface area contributed by atoms with Crippen LogP contribution in [0.2, 0.25) is 0 Å². The lowest BCUT2D eigenvalue weighted by Crippen LogP contribution is -2.41. The molecule has 1 aromatic carbocycles. The highest BCUT2D eigenvalue weighted by atomic mass is 19.1. The third-order valence-electron chi connectivity index (χ3n) is 6.89. The van der Waals surface area contributed by atoms with E-state index in [1.165, 1.54) is 29.1 Å². The van der Waals surface area contributed by atoms with Crippen LogP contribution in [0, 0.1) is 11.7 Å². The van der Waals surface area contributed by atoms with Gasteiger partial charge in [0.1, 0.15) is 17.2 Å². The van der Waals surface area contributed by atoms with E-state index in [9.17, 15) is 14.3 Å². The molecular weight excluding hydrogens is 463 g/mol. The van der Waals surface area contributed by atoms with E-state index >= 15 is 0 Å². The summed E-state index contributed by atoms with van der Waals surface area (Å²) in [5, 5.41) is 28.1. The van der Waals surface area contributed by atoms with Gasteiger partial charge in [0.25, 0.3) is 0 Å². The molecule has 1 aliphatic rings. The fourth-order valence-electron chi connectivity index (χ4n) is 4.61. The first-order valence-electron chi connectivity index (χ1n) is 11.7. The van der Waals surface area contributed by atoms with Crippen LogP contribution in [0.15, 0.2) is 54.9 Å². The van der Waals surface area contributed by atoms with Gasteiger partial charge in [0.15, 0.2) is 5.69 Å². The number of nitrogens with zero attached hydrogens (tertiary/aromatic N) is 5. The monoisotopic (exact) mass is 490 g/mol. The number of pyridine rings is 2. The Morgan fingerprint density at radius 2 is 1.94 bits per heavy atom. The zero-order valence-electron chi connectivity index (χ0n) is 20.0. The maximum Gasteiger partial charge on any atom is 0.356 e. The molecule has 3 N–H and O–H groups in total. The van der Waals surface area contributed by atoms with E-state index in [4.69, 9.17) is 10.1 Å². The van der Waals surface area contributed by atoms with E-state index in [1.807, 2.05) is 19.1 Å². The smallest absolute Gasteiger partial charge is 0.356 e. The van der Waals surface area contributed by atoms with E-state index < -0.39 is 17.4 Å². The predicted octanol–water partition coefficient (Wildman–Crippen LogP) is 3.95. The highest BCUT2D eigenvalue weighted by Gasteiger charge is 2.36. The van der Waals surface area contributed by atoms with Crippen molar-refractivity contribution in [3.05, 3.63) is 72.1 Å². The van der Waals surface area contributed by atoms with Gasteiger partial charge in [0.05, 0.1) is 22.6 Å². The van der Waals surface area contributed by atoms with Gasteiger partial charge in [-0.25, -0.2) is 23.8 Å². The molecule has 4 heterocycles. The molecule has 1 unspecified atom stereocenters. The van der Waals surface area contributed by atoms with E-state index in [1.54, 1.807) is 18.3 Å². The summed E-state index contributed by atoms with van der Waals surface area (Å²) in [4.78, 5) is 22.4. The highest BCUT2D eigenvalue weighted by Crippen LogP contribution is 2.36. The number of nitrogens with one attached hydrogen (secondary N) is 1. The van der Waals surface area contributed by atoms with Crippen molar-refractivity contribution in [1.82, 2.24) is 24.6 Å². The van der Waals surface area contributed by atoms with Crippen molar-refractivity contribution >= 4 is 28.4 Å². The molecule has 5 rings (SSSR count). The van der Waals surface area contributed by atoms with Crippen LogP contribution in [0.3, 0.4) is 0 Å². The van der Waals surface area contributed by atoms with E-state index in [2.05, 4.69) is 27.3 Å². The van der Waals surface area contributed by atoms with Crippen LogP contribution in [0.5, 0.6) is 0 Å². The van der Waals surface area contributed by atoms with Gasteiger partial charge in [-0.15, -0.1) is 0 Å². The van der Waals surface area contributed by atoms with Gasteiger partial charge in [-0.2, -0.15) is 5.10 Å². The van der Waals surface area contributed by atoms with Crippen LogP contribution < -0.4 is 5.32 Å². The molecule has 0 aliphatic carbocycles. The minimum Gasteiger partial charge on any atom is -0.476 e. The predicted molar refractivity (Wildman–Crippen MR) is 133 cm³/mol. The Kier molecular flexibility index (Phi) is 6.15. The Morgan fingerprint density at radius 3 is 2.64 bits per heavy atom. The summed E-state index contributed by atoms with van der Waals surface area (Å²) in [6, 6.07) is 11.2. The maximum absolute atomic E-state index is 14.9. The molecule has 3 aromatic heterocycles. The molecule has 4 aromatic rings. The lowest BCUT2D eigenvalue weighted by molar-refractivity contribution is -0.0334. The molecule has 1 atom stereocenters. The number of fused-ring (bicyclic) bond motifs is 1. The molecular formula is C26H27FN6O3. The molecule has 9 nitrogen and oxygen atoms in total. The lowest BCUT2D eigenvalue weighted by Gasteiger charge is -2.38. The molecule has 0 bridgehead atoms. The number of anilines is 2. The number of aromatic nitrogens is 4. The molecule has 0 amide bonds. The third-order valence-corrected chi connectivity index (χ3v) is 6.89. The van der Waals surface area contributed by atoms with E-state index in [-0.39, 0.29) is 17.3 Å². The van der Waals surface area contributed by atoms with Crippen LogP contribution in [-0.4, -0.2) is 61.0 Å². The number of carboxylic acids is 1. The molecule has 36 heavy (non-hydrogen) atoms. The van der Waals surface area contributed by atoms with E-state index in [0.717, 1.165) is 31.3 Å². The normalized spacial score (nSPS) is 16.7. The van der Waals surface area contributed by atoms with Gasteiger partial charge >= 0.3 is 5.97 Å². The Hall–Kier alpha value is -3.89. The second kappa shape index (κ2) is 9.29. The average Bonchev–Trinajstić information content (AvgIpc) is 3.36. The largest absolute Gasteiger partial charge is 0.476 e.